The van der Waals surface area contributed by atoms with Gasteiger partial charge < -0.3 is 9.84 Å². The van der Waals surface area contributed by atoms with Crippen LogP contribution in [0.3, 0.4) is 0 Å². The fraction of sp³-hybridized carbons (Fsp3) is 0.214. The van der Waals surface area contributed by atoms with Crippen molar-refractivity contribution in [1.29, 1.82) is 0 Å². The second kappa shape index (κ2) is 5.58. The van der Waals surface area contributed by atoms with Gasteiger partial charge in [-0.3, -0.25) is 4.98 Å². The van der Waals surface area contributed by atoms with Crippen molar-refractivity contribution >= 4 is 10.9 Å². The molecular formula is C14H14N4O. The fourth-order valence-electron chi connectivity index (χ4n) is 2.03. The standard InChI is InChI=1S/C14H14N4O/c1-2-4-13-12(3-1)11(5-8-16-13)9-15-7-6-14-17-10-18-19-14/h1-5,8,10,15H,6-7,9H2. The molecule has 96 valence electrons. The van der Waals surface area contributed by atoms with E-state index < -0.39 is 0 Å². The molecule has 1 N–H and O–H groups in total. The molecule has 3 aromatic rings. The Balaban J connectivity index is 1.62. The van der Waals surface area contributed by atoms with Crippen molar-refractivity contribution in [3.8, 4) is 0 Å². The van der Waals surface area contributed by atoms with Crippen LogP contribution >= 0.6 is 0 Å². The largest absolute Gasteiger partial charge is 0.340 e. The van der Waals surface area contributed by atoms with Crippen molar-refractivity contribution in [1.82, 2.24) is 20.4 Å². The molecule has 3 rings (SSSR count). The SMILES string of the molecule is c1ccc2c(CNCCc3ncno3)ccnc2c1. The minimum absolute atomic E-state index is 0.659. The summed E-state index contributed by atoms with van der Waals surface area (Å²) < 4.78 is 4.94. The average Bonchev–Trinajstić information content (AvgIpc) is 2.97. The molecular weight excluding hydrogens is 240 g/mol. The normalized spacial score (nSPS) is 10.9. The van der Waals surface area contributed by atoms with Gasteiger partial charge in [0.05, 0.1) is 5.52 Å². The van der Waals surface area contributed by atoms with Crippen molar-refractivity contribution in [3.63, 3.8) is 0 Å². The van der Waals surface area contributed by atoms with Crippen molar-refractivity contribution in [2.75, 3.05) is 6.54 Å². The quantitative estimate of drug-likeness (QED) is 0.705. The summed E-state index contributed by atoms with van der Waals surface area (Å²) in [6.07, 6.45) is 4.01. The van der Waals surface area contributed by atoms with E-state index in [-0.39, 0.29) is 0 Å². The lowest BCUT2D eigenvalue weighted by atomic mass is 10.1. The summed E-state index contributed by atoms with van der Waals surface area (Å²) in [5.74, 6) is 0.659. The first-order chi connectivity index (χ1) is 9.43. The van der Waals surface area contributed by atoms with Crippen LogP contribution in [-0.2, 0) is 13.0 Å². The lowest BCUT2D eigenvalue weighted by Gasteiger charge is -2.06. The van der Waals surface area contributed by atoms with Gasteiger partial charge in [0.25, 0.3) is 0 Å². The van der Waals surface area contributed by atoms with Gasteiger partial charge in [-0.05, 0) is 17.7 Å². The number of hydrogen-bond acceptors (Lipinski definition) is 5. The molecule has 0 atom stereocenters. The van der Waals surface area contributed by atoms with Crippen LogP contribution in [0.2, 0.25) is 0 Å². The maximum Gasteiger partial charge on any atom is 0.227 e. The first-order valence-corrected chi connectivity index (χ1v) is 6.22. The highest BCUT2D eigenvalue weighted by Crippen LogP contribution is 2.15. The third-order valence-electron chi connectivity index (χ3n) is 2.98. The second-order valence-corrected chi connectivity index (χ2v) is 4.25. The van der Waals surface area contributed by atoms with Crippen molar-refractivity contribution < 1.29 is 4.52 Å². The van der Waals surface area contributed by atoms with E-state index >= 15 is 0 Å². The van der Waals surface area contributed by atoms with Gasteiger partial charge in [-0.15, -0.1) is 0 Å². The van der Waals surface area contributed by atoms with Gasteiger partial charge in [-0.2, -0.15) is 4.98 Å². The predicted molar refractivity (Wildman–Crippen MR) is 71.5 cm³/mol. The van der Waals surface area contributed by atoms with Crippen LogP contribution in [-0.4, -0.2) is 21.7 Å². The van der Waals surface area contributed by atoms with Crippen LogP contribution in [0.1, 0.15) is 11.5 Å². The van der Waals surface area contributed by atoms with Crippen molar-refractivity contribution in [2.24, 2.45) is 0 Å². The number of fused-ring (bicyclic) bond motifs is 1. The third-order valence-corrected chi connectivity index (χ3v) is 2.98. The van der Waals surface area contributed by atoms with Crippen LogP contribution < -0.4 is 5.32 Å². The summed E-state index contributed by atoms with van der Waals surface area (Å²) in [6.45, 7) is 1.61. The van der Waals surface area contributed by atoms with E-state index in [9.17, 15) is 0 Å². The number of benzene rings is 1. The van der Waals surface area contributed by atoms with E-state index in [1.54, 1.807) is 0 Å². The summed E-state index contributed by atoms with van der Waals surface area (Å²) in [7, 11) is 0. The zero-order valence-electron chi connectivity index (χ0n) is 10.4. The van der Waals surface area contributed by atoms with Crippen molar-refractivity contribution in [2.45, 2.75) is 13.0 Å². The summed E-state index contributed by atoms with van der Waals surface area (Å²) in [6, 6.07) is 10.2. The van der Waals surface area contributed by atoms with Gasteiger partial charge in [-0.25, -0.2) is 0 Å². The molecule has 0 aliphatic rings. The molecule has 0 saturated carbocycles. The Labute approximate surface area is 110 Å². The topological polar surface area (TPSA) is 63.8 Å². The molecule has 5 heteroatoms. The maximum absolute atomic E-state index is 4.94. The Morgan fingerprint density at radius 1 is 1.11 bits per heavy atom. The third kappa shape index (κ3) is 2.77. The molecule has 0 aliphatic carbocycles. The lowest BCUT2D eigenvalue weighted by Crippen LogP contribution is -2.17. The molecule has 0 fully saturated rings. The highest BCUT2D eigenvalue weighted by atomic mass is 16.5. The summed E-state index contributed by atoms with van der Waals surface area (Å²) >= 11 is 0. The summed E-state index contributed by atoms with van der Waals surface area (Å²) in [5.41, 5.74) is 2.27. The maximum atomic E-state index is 4.94. The molecule has 0 saturated heterocycles. The van der Waals surface area contributed by atoms with Gasteiger partial charge in [0.15, 0.2) is 6.33 Å². The lowest BCUT2D eigenvalue weighted by molar-refractivity contribution is 0.375. The van der Waals surface area contributed by atoms with E-state index in [1.807, 2.05) is 30.5 Å². The zero-order valence-corrected chi connectivity index (χ0v) is 10.4. The Bertz CT molecular complexity index is 646. The monoisotopic (exact) mass is 254 g/mol. The molecule has 19 heavy (non-hydrogen) atoms. The molecule has 0 unspecified atom stereocenters. The highest BCUT2D eigenvalue weighted by molar-refractivity contribution is 5.81. The number of rotatable bonds is 5. The Morgan fingerprint density at radius 2 is 2.05 bits per heavy atom. The first-order valence-electron chi connectivity index (χ1n) is 6.22. The van der Waals surface area contributed by atoms with E-state index in [0.29, 0.717) is 5.89 Å². The van der Waals surface area contributed by atoms with Crippen LogP contribution in [0.4, 0.5) is 0 Å². The number of nitrogens with zero attached hydrogens (tertiary/aromatic N) is 3. The van der Waals surface area contributed by atoms with E-state index in [4.69, 9.17) is 4.52 Å². The van der Waals surface area contributed by atoms with Crippen LogP contribution in [0.15, 0.2) is 47.4 Å². The minimum Gasteiger partial charge on any atom is -0.340 e. The highest BCUT2D eigenvalue weighted by Gasteiger charge is 2.02. The number of hydrogen-bond donors (Lipinski definition) is 1. The van der Waals surface area contributed by atoms with Gasteiger partial charge in [0.2, 0.25) is 5.89 Å². The average molecular weight is 254 g/mol. The molecule has 0 bridgehead atoms. The van der Waals surface area contributed by atoms with Gasteiger partial charge in [0, 0.05) is 31.1 Å². The Hall–Kier alpha value is -2.27. The van der Waals surface area contributed by atoms with E-state index in [1.165, 1.54) is 17.3 Å². The molecule has 0 amide bonds. The van der Waals surface area contributed by atoms with Gasteiger partial charge in [-0.1, -0.05) is 23.4 Å². The van der Waals surface area contributed by atoms with E-state index in [0.717, 1.165) is 25.0 Å². The Kier molecular flexibility index (Phi) is 3.47. The molecule has 1 aromatic carbocycles. The van der Waals surface area contributed by atoms with Crippen LogP contribution in [0, 0.1) is 0 Å². The predicted octanol–water partition coefficient (Wildman–Crippen LogP) is 1.95. The number of nitrogens with one attached hydrogen (secondary N) is 1. The Morgan fingerprint density at radius 3 is 2.95 bits per heavy atom. The smallest absolute Gasteiger partial charge is 0.227 e. The van der Waals surface area contributed by atoms with Crippen LogP contribution in [0.5, 0.6) is 0 Å². The molecule has 0 spiro atoms. The summed E-state index contributed by atoms with van der Waals surface area (Å²) in [4.78, 5) is 8.33. The van der Waals surface area contributed by atoms with Gasteiger partial charge >= 0.3 is 0 Å². The zero-order chi connectivity index (χ0) is 12.9. The number of para-hydroxylation sites is 1. The number of pyridine rings is 1. The first kappa shape index (κ1) is 11.8. The summed E-state index contributed by atoms with van der Waals surface area (Å²) in [5, 5.41) is 8.14. The molecule has 2 aromatic heterocycles. The second-order valence-electron chi connectivity index (χ2n) is 4.25. The molecule has 5 nitrogen and oxygen atoms in total. The van der Waals surface area contributed by atoms with Crippen LogP contribution in [0.25, 0.3) is 10.9 Å². The van der Waals surface area contributed by atoms with Gasteiger partial charge in [0.1, 0.15) is 0 Å². The fourth-order valence-corrected chi connectivity index (χ4v) is 2.03. The van der Waals surface area contributed by atoms with Crippen molar-refractivity contribution in [3.05, 3.63) is 54.3 Å². The number of aromatic nitrogens is 3. The molecule has 0 aliphatic heterocycles. The van der Waals surface area contributed by atoms with E-state index in [2.05, 4.69) is 26.5 Å². The minimum atomic E-state index is 0.659. The molecule has 0 radical (unpaired) electrons. The molecule has 2 heterocycles.